The Kier molecular flexibility index (Phi) is 8.44. The fourth-order valence-electron chi connectivity index (χ4n) is 3.51. The van der Waals surface area contributed by atoms with E-state index in [2.05, 4.69) is 5.32 Å². The molecule has 2 heterocycles. The molecule has 36 heavy (non-hydrogen) atoms. The molecule has 0 aliphatic carbocycles. The predicted octanol–water partition coefficient (Wildman–Crippen LogP) is 4.30. The summed E-state index contributed by atoms with van der Waals surface area (Å²) in [5.74, 6) is -2.56. The minimum Gasteiger partial charge on any atom is -0.404 e. The Morgan fingerprint density at radius 1 is 1.06 bits per heavy atom. The number of rotatable bonds is 6. The van der Waals surface area contributed by atoms with Crippen molar-refractivity contribution in [3.63, 3.8) is 0 Å². The van der Waals surface area contributed by atoms with Gasteiger partial charge in [0.1, 0.15) is 0 Å². The molecule has 0 spiro atoms. The highest BCUT2D eigenvalue weighted by Crippen LogP contribution is 2.26. The molecule has 186 valence electrons. The first kappa shape index (κ1) is 26.4. The molecule has 0 radical (unpaired) electrons. The van der Waals surface area contributed by atoms with E-state index in [1.54, 1.807) is 37.3 Å². The minimum absolute atomic E-state index is 0.101. The average molecular weight is 511 g/mol. The van der Waals surface area contributed by atoms with E-state index in [9.17, 15) is 23.2 Å². The monoisotopic (exact) mass is 510 g/mol. The van der Waals surface area contributed by atoms with Crippen molar-refractivity contribution in [2.24, 2.45) is 5.73 Å². The van der Waals surface area contributed by atoms with Gasteiger partial charge in [0, 0.05) is 36.0 Å². The molecule has 0 atom stereocenters. The number of imide groups is 1. The summed E-state index contributed by atoms with van der Waals surface area (Å²) in [6, 6.07) is 12.2. The molecular weight excluding hydrogens is 486 g/mol. The number of allylic oxidation sites excluding steroid dienone is 1. The summed E-state index contributed by atoms with van der Waals surface area (Å²) in [5, 5.41) is 10.1. The maximum atomic E-state index is 12.4. The van der Waals surface area contributed by atoms with Crippen molar-refractivity contribution in [2.75, 3.05) is 13.1 Å². The molecular formula is C26H24F2N4O3S. The van der Waals surface area contributed by atoms with Crippen molar-refractivity contribution in [1.29, 1.82) is 5.41 Å². The molecule has 0 unspecified atom stereocenters. The Labute approximate surface area is 210 Å². The fourth-order valence-corrected chi connectivity index (χ4v) is 4.47. The molecule has 1 aliphatic heterocycles. The number of amides is 3. The molecule has 0 saturated carbocycles. The Bertz CT molecular complexity index is 1330. The smallest absolute Gasteiger partial charge is 0.261 e. The summed E-state index contributed by atoms with van der Waals surface area (Å²) in [7, 11) is 0. The van der Waals surface area contributed by atoms with Gasteiger partial charge in [0.15, 0.2) is 11.6 Å². The summed E-state index contributed by atoms with van der Waals surface area (Å²) >= 11 is 1.30. The van der Waals surface area contributed by atoms with Gasteiger partial charge in [-0.25, -0.2) is 8.78 Å². The van der Waals surface area contributed by atoms with Crippen LogP contribution in [0.3, 0.4) is 0 Å². The maximum Gasteiger partial charge on any atom is 0.261 e. The second-order valence-corrected chi connectivity index (χ2v) is 9.08. The number of aryl methyl sites for hydroxylation is 2. The highest BCUT2D eigenvalue weighted by atomic mass is 32.1. The average Bonchev–Trinajstić information content (AvgIpc) is 3.36. The van der Waals surface area contributed by atoms with E-state index in [1.807, 2.05) is 6.92 Å². The number of fused-ring (bicyclic) bond motifs is 1. The van der Waals surface area contributed by atoms with Gasteiger partial charge in [0.25, 0.3) is 17.7 Å². The van der Waals surface area contributed by atoms with Crippen LogP contribution >= 0.6 is 11.3 Å². The van der Waals surface area contributed by atoms with Crippen LogP contribution in [0.25, 0.3) is 5.57 Å². The zero-order chi connectivity index (χ0) is 26.4. The van der Waals surface area contributed by atoms with Gasteiger partial charge in [-0.2, -0.15) is 0 Å². The van der Waals surface area contributed by atoms with Crippen molar-refractivity contribution in [3.8, 4) is 0 Å². The van der Waals surface area contributed by atoms with Crippen LogP contribution in [0.2, 0.25) is 0 Å². The number of halogens is 2. The van der Waals surface area contributed by atoms with E-state index in [-0.39, 0.29) is 30.8 Å². The lowest BCUT2D eigenvalue weighted by Crippen LogP contribution is -2.38. The van der Waals surface area contributed by atoms with Gasteiger partial charge >= 0.3 is 0 Å². The lowest BCUT2D eigenvalue weighted by Gasteiger charge is -2.13. The maximum absolute atomic E-state index is 12.4. The molecule has 3 aromatic rings. The molecule has 7 nitrogen and oxygen atoms in total. The van der Waals surface area contributed by atoms with Crippen LogP contribution in [0.5, 0.6) is 0 Å². The number of carbonyl (C=O) groups is 3. The first-order valence-corrected chi connectivity index (χ1v) is 11.7. The van der Waals surface area contributed by atoms with E-state index < -0.39 is 11.6 Å². The second kappa shape index (κ2) is 11.5. The van der Waals surface area contributed by atoms with E-state index in [4.69, 9.17) is 11.1 Å². The summed E-state index contributed by atoms with van der Waals surface area (Å²) in [5.41, 5.74) is 8.29. The van der Waals surface area contributed by atoms with Crippen LogP contribution in [0, 0.1) is 30.9 Å². The molecule has 10 heteroatoms. The van der Waals surface area contributed by atoms with Gasteiger partial charge in [-0.15, -0.1) is 11.3 Å². The van der Waals surface area contributed by atoms with Crippen LogP contribution in [0.15, 0.2) is 54.7 Å². The quantitative estimate of drug-likeness (QED) is 0.339. The molecule has 3 amide bonds. The highest BCUT2D eigenvalue weighted by Gasteiger charge is 2.34. The standard InChI is InChI=1S/C19H18N4O3S.C7H6F2/c1-11-15(12(9-20)10-21)8-16(27-11)17(24)22-6-7-23-18(25)13-4-2-3-5-14(13)19(23)26;1-5-2-3-6(8)7(9)4-5/h2-5,8-10,20H,6-7,21H2,1H3,(H,22,24);2-4H,1H3/b12-10+,20-9?;. The van der Waals surface area contributed by atoms with Gasteiger partial charge in [-0.1, -0.05) is 18.2 Å². The van der Waals surface area contributed by atoms with Gasteiger partial charge < -0.3 is 16.5 Å². The molecule has 0 bridgehead atoms. The molecule has 4 rings (SSSR count). The van der Waals surface area contributed by atoms with Crippen LogP contribution < -0.4 is 11.1 Å². The number of nitrogens with one attached hydrogen (secondary N) is 2. The lowest BCUT2D eigenvalue weighted by molar-refractivity contribution is 0.0650. The van der Waals surface area contributed by atoms with Gasteiger partial charge in [-0.3, -0.25) is 19.3 Å². The summed E-state index contributed by atoms with van der Waals surface area (Å²) in [4.78, 5) is 39.5. The van der Waals surface area contributed by atoms with Crippen LogP contribution in [-0.4, -0.2) is 41.9 Å². The molecule has 2 aromatic carbocycles. The van der Waals surface area contributed by atoms with Gasteiger partial charge in [0.05, 0.1) is 16.0 Å². The number of nitrogens with zero attached hydrogens (tertiary/aromatic N) is 1. The third kappa shape index (κ3) is 5.72. The number of thiophene rings is 1. The number of hydrogen-bond acceptors (Lipinski definition) is 6. The third-order valence-corrected chi connectivity index (χ3v) is 6.41. The zero-order valence-electron chi connectivity index (χ0n) is 19.6. The Morgan fingerprint density at radius 2 is 1.69 bits per heavy atom. The fraction of sp³-hybridized carbons (Fsp3) is 0.154. The summed E-state index contributed by atoms with van der Waals surface area (Å²) in [6.07, 6.45) is 2.46. The Morgan fingerprint density at radius 3 is 2.22 bits per heavy atom. The SMILES string of the molecule is Cc1ccc(F)c(F)c1.Cc1sc(C(=O)NCCN2C(=O)c3ccccc3C2=O)cc1/C(C=N)=C/N. The summed E-state index contributed by atoms with van der Waals surface area (Å²) in [6.45, 7) is 3.82. The largest absolute Gasteiger partial charge is 0.404 e. The first-order chi connectivity index (χ1) is 17.2. The normalized spacial score (nSPS) is 12.7. The van der Waals surface area contributed by atoms with Crippen molar-refractivity contribution in [2.45, 2.75) is 13.8 Å². The third-order valence-electron chi connectivity index (χ3n) is 5.36. The highest BCUT2D eigenvalue weighted by molar-refractivity contribution is 7.14. The molecule has 4 N–H and O–H groups in total. The van der Waals surface area contributed by atoms with E-state index in [0.717, 1.165) is 39.3 Å². The second-order valence-electron chi connectivity index (χ2n) is 7.83. The minimum atomic E-state index is -0.791. The number of carbonyl (C=O) groups excluding carboxylic acids is 3. The predicted molar refractivity (Wildman–Crippen MR) is 135 cm³/mol. The number of nitrogens with two attached hydrogens (primary N) is 1. The van der Waals surface area contributed by atoms with Gasteiger partial charge in [-0.05, 0) is 55.3 Å². The number of hydrogen-bond donors (Lipinski definition) is 3. The van der Waals surface area contributed by atoms with Crippen molar-refractivity contribution < 1.29 is 23.2 Å². The van der Waals surface area contributed by atoms with Crippen LogP contribution in [-0.2, 0) is 0 Å². The molecule has 1 aromatic heterocycles. The van der Waals surface area contributed by atoms with E-state index >= 15 is 0 Å². The van der Waals surface area contributed by atoms with Crippen molar-refractivity contribution >= 4 is 40.8 Å². The topological polar surface area (TPSA) is 116 Å². The van der Waals surface area contributed by atoms with Gasteiger partial charge in [0.2, 0.25) is 0 Å². The Hall–Kier alpha value is -4.18. The molecule has 1 aliphatic rings. The van der Waals surface area contributed by atoms with Crippen LogP contribution in [0.4, 0.5) is 8.78 Å². The first-order valence-electron chi connectivity index (χ1n) is 10.9. The van der Waals surface area contributed by atoms with Crippen LogP contribution in [0.1, 0.15) is 46.4 Å². The van der Waals surface area contributed by atoms with E-state index in [1.165, 1.54) is 23.6 Å². The zero-order valence-corrected chi connectivity index (χ0v) is 20.4. The summed E-state index contributed by atoms with van der Waals surface area (Å²) < 4.78 is 24.3. The number of benzene rings is 2. The Balaban J connectivity index is 0.000000338. The van der Waals surface area contributed by atoms with Crippen molar-refractivity contribution in [1.82, 2.24) is 10.2 Å². The molecule has 0 fully saturated rings. The van der Waals surface area contributed by atoms with E-state index in [0.29, 0.717) is 21.6 Å². The lowest BCUT2D eigenvalue weighted by atomic mass is 10.1. The molecule has 0 saturated heterocycles. The van der Waals surface area contributed by atoms with Crippen molar-refractivity contribution in [3.05, 3.63) is 98.4 Å².